The van der Waals surface area contributed by atoms with E-state index in [9.17, 15) is 9.90 Å². The van der Waals surface area contributed by atoms with Gasteiger partial charge in [-0.05, 0) is 29.9 Å². The van der Waals surface area contributed by atoms with Crippen molar-refractivity contribution in [2.45, 2.75) is 25.0 Å². The smallest absolute Gasteiger partial charge is 0.323 e. The zero-order valence-electron chi connectivity index (χ0n) is 14.9. The van der Waals surface area contributed by atoms with Gasteiger partial charge in [-0.1, -0.05) is 36.4 Å². The number of aromatic nitrogens is 2. The molecule has 1 aromatic carbocycles. The van der Waals surface area contributed by atoms with Crippen LogP contribution in [0.15, 0.2) is 60.1 Å². The van der Waals surface area contributed by atoms with Crippen molar-refractivity contribution in [2.24, 2.45) is 0 Å². The van der Waals surface area contributed by atoms with Crippen molar-refractivity contribution >= 4 is 23.2 Å². The predicted molar refractivity (Wildman–Crippen MR) is 106 cm³/mol. The Kier molecular flexibility index (Phi) is 4.96. The largest absolute Gasteiger partial charge is 0.385 e. The number of benzene rings is 1. The topological polar surface area (TPSA) is 70.4 Å². The molecule has 1 saturated heterocycles. The summed E-state index contributed by atoms with van der Waals surface area (Å²) >= 11 is 1.66. The van der Waals surface area contributed by atoms with Crippen molar-refractivity contribution in [1.29, 1.82) is 0 Å². The molecule has 0 atom stereocenters. The number of hydrogen-bond acceptors (Lipinski definition) is 4. The number of aliphatic hydroxyl groups is 1. The molecule has 0 saturated carbocycles. The average molecular weight is 382 g/mol. The molecule has 0 spiro atoms. The maximum absolute atomic E-state index is 12.7. The van der Waals surface area contributed by atoms with Gasteiger partial charge in [-0.15, -0.1) is 11.3 Å². The van der Waals surface area contributed by atoms with Crippen LogP contribution in [0.5, 0.6) is 0 Å². The second-order valence-electron chi connectivity index (χ2n) is 6.77. The van der Waals surface area contributed by atoms with Crippen LogP contribution in [0.25, 0.3) is 0 Å². The Morgan fingerprint density at radius 3 is 2.63 bits per heavy atom. The van der Waals surface area contributed by atoms with Crippen molar-refractivity contribution in [1.82, 2.24) is 14.7 Å². The van der Waals surface area contributed by atoms with Crippen LogP contribution in [0.1, 0.15) is 23.3 Å². The number of nitrogens with zero attached hydrogens (tertiary/aromatic N) is 3. The Labute approximate surface area is 162 Å². The first kappa shape index (κ1) is 17.8. The number of likely N-dealkylation sites (tertiary alicyclic amines) is 1. The highest BCUT2D eigenvalue weighted by atomic mass is 32.1. The molecule has 7 heteroatoms. The molecule has 4 rings (SSSR count). The lowest BCUT2D eigenvalue weighted by Gasteiger charge is -2.38. The van der Waals surface area contributed by atoms with Crippen LogP contribution in [0, 0.1) is 0 Å². The summed E-state index contributed by atoms with van der Waals surface area (Å²) in [6, 6.07) is 15.4. The Hall–Kier alpha value is -2.64. The normalized spacial score (nSPS) is 16.3. The van der Waals surface area contributed by atoms with Crippen LogP contribution in [0.3, 0.4) is 0 Å². The first-order chi connectivity index (χ1) is 13.1. The van der Waals surface area contributed by atoms with Gasteiger partial charge in [-0.2, -0.15) is 5.10 Å². The summed E-state index contributed by atoms with van der Waals surface area (Å²) < 4.78 is 1.79. The molecular weight excluding hydrogens is 360 g/mol. The van der Waals surface area contributed by atoms with Crippen LogP contribution in [-0.4, -0.2) is 38.9 Å². The molecule has 1 fully saturated rings. The second-order valence-corrected chi connectivity index (χ2v) is 7.80. The van der Waals surface area contributed by atoms with Gasteiger partial charge in [0.05, 0.1) is 18.3 Å². The quantitative estimate of drug-likeness (QED) is 0.725. The Balaban J connectivity index is 1.37. The van der Waals surface area contributed by atoms with Crippen molar-refractivity contribution in [3.63, 3.8) is 0 Å². The van der Waals surface area contributed by atoms with Gasteiger partial charge in [-0.25, -0.2) is 9.48 Å². The van der Waals surface area contributed by atoms with Crippen molar-refractivity contribution in [3.05, 3.63) is 70.5 Å². The van der Waals surface area contributed by atoms with E-state index in [1.807, 2.05) is 47.8 Å². The van der Waals surface area contributed by atoms with E-state index in [-0.39, 0.29) is 6.03 Å². The maximum atomic E-state index is 12.7. The molecule has 2 aromatic heterocycles. The van der Waals surface area contributed by atoms with E-state index in [0.717, 1.165) is 5.56 Å². The van der Waals surface area contributed by atoms with E-state index < -0.39 is 5.60 Å². The molecular formula is C20H22N4O2S. The van der Waals surface area contributed by atoms with Crippen LogP contribution in [0.2, 0.25) is 0 Å². The molecule has 3 heterocycles. The number of carbonyl (C=O) groups is 1. The van der Waals surface area contributed by atoms with Gasteiger partial charge in [0.15, 0.2) is 0 Å². The van der Waals surface area contributed by atoms with E-state index in [0.29, 0.717) is 38.3 Å². The highest BCUT2D eigenvalue weighted by Gasteiger charge is 2.35. The van der Waals surface area contributed by atoms with Crippen molar-refractivity contribution in [3.8, 4) is 0 Å². The van der Waals surface area contributed by atoms with Gasteiger partial charge >= 0.3 is 6.03 Å². The number of carbonyl (C=O) groups excluding carboxylic acids is 1. The fraction of sp³-hybridized carbons (Fsp3) is 0.300. The minimum absolute atomic E-state index is 0.155. The summed E-state index contributed by atoms with van der Waals surface area (Å²) in [6.07, 6.45) is 2.74. The van der Waals surface area contributed by atoms with E-state index in [1.165, 1.54) is 4.88 Å². The van der Waals surface area contributed by atoms with E-state index in [1.54, 1.807) is 33.2 Å². The van der Waals surface area contributed by atoms with Crippen LogP contribution >= 0.6 is 11.3 Å². The van der Waals surface area contributed by atoms with Crippen molar-refractivity contribution in [2.75, 3.05) is 18.4 Å². The van der Waals surface area contributed by atoms with Crippen LogP contribution in [-0.2, 0) is 12.1 Å². The highest BCUT2D eigenvalue weighted by molar-refractivity contribution is 7.09. The lowest BCUT2D eigenvalue weighted by atomic mass is 9.84. The number of urea groups is 1. The number of piperidine rings is 1. The molecule has 2 amide bonds. The summed E-state index contributed by atoms with van der Waals surface area (Å²) in [7, 11) is 0. The van der Waals surface area contributed by atoms with Crippen LogP contribution < -0.4 is 5.32 Å². The molecule has 27 heavy (non-hydrogen) atoms. The standard InChI is InChI=1S/C20H22N4O2S/c25-19(22-18-8-11-21-24(18)15-17-7-4-14-27-17)23-12-9-20(26,10-13-23)16-5-2-1-3-6-16/h1-8,11,14,26H,9-10,12-13,15H2,(H,22,25). The molecule has 2 N–H and O–H groups in total. The molecule has 0 bridgehead atoms. The number of amides is 2. The lowest BCUT2D eigenvalue weighted by molar-refractivity contribution is -0.0157. The first-order valence-corrected chi connectivity index (χ1v) is 9.90. The number of nitrogens with one attached hydrogen (secondary N) is 1. The Morgan fingerprint density at radius 1 is 1.15 bits per heavy atom. The van der Waals surface area contributed by atoms with E-state index in [4.69, 9.17) is 0 Å². The summed E-state index contributed by atoms with van der Waals surface area (Å²) in [5.74, 6) is 0.678. The molecule has 0 unspecified atom stereocenters. The highest BCUT2D eigenvalue weighted by Crippen LogP contribution is 2.32. The molecule has 1 aliphatic rings. The number of thiophene rings is 1. The monoisotopic (exact) mass is 382 g/mol. The molecule has 140 valence electrons. The minimum atomic E-state index is -0.862. The van der Waals surface area contributed by atoms with Gasteiger partial charge in [0.25, 0.3) is 0 Å². The molecule has 1 aliphatic heterocycles. The Bertz CT molecular complexity index is 884. The maximum Gasteiger partial charge on any atom is 0.323 e. The van der Waals surface area contributed by atoms with Gasteiger partial charge in [-0.3, -0.25) is 5.32 Å². The fourth-order valence-electron chi connectivity index (χ4n) is 3.42. The second kappa shape index (κ2) is 7.54. The van der Waals surface area contributed by atoms with E-state index >= 15 is 0 Å². The third kappa shape index (κ3) is 3.89. The summed E-state index contributed by atoms with van der Waals surface area (Å²) in [4.78, 5) is 15.6. The number of anilines is 1. The van der Waals surface area contributed by atoms with Crippen molar-refractivity contribution < 1.29 is 9.90 Å². The zero-order chi connectivity index (χ0) is 18.7. The number of rotatable bonds is 4. The van der Waals surface area contributed by atoms with E-state index in [2.05, 4.69) is 10.4 Å². The van der Waals surface area contributed by atoms with Gasteiger partial charge in [0.1, 0.15) is 5.82 Å². The average Bonchev–Trinajstić information content (AvgIpc) is 3.36. The molecule has 0 radical (unpaired) electrons. The van der Waals surface area contributed by atoms with Gasteiger partial charge in [0, 0.05) is 24.0 Å². The predicted octanol–water partition coefficient (Wildman–Crippen LogP) is 3.51. The summed E-state index contributed by atoms with van der Waals surface area (Å²) in [6.45, 7) is 1.65. The molecule has 3 aromatic rings. The zero-order valence-corrected chi connectivity index (χ0v) is 15.7. The molecule has 0 aliphatic carbocycles. The van der Waals surface area contributed by atoms with Crippen LogP contribution in [0.4, 0.5) is 10.6 Å². The van der Waals surface area contributed by atoms with Gasteiger partial charge in [0.2, 0.25) is 0 Å². The third-order valence-electron chi connectivity index (χ3n) is 5.03. The minimum Gasteiger partial charge on any atom is -0.385 e. The lowest BCUT2D eigenvalue weighted by Crippen LogP contribution is -2.46. The fourth-order valence-corrected chi connectivity index (χ4v) is 4.11. The third-order valence-corrected chi connectivity index (χ3v) is 5.89. The first-order valence-electron chi connectivity index (χ1n) is 9.02. The summed E-state index contributed by atoms with van der Waals surface area (Å²) in [5, 5.41) is 20.2. The van der Waals surface area contributed by atoms with Gasteiger partial charge < -0.3 is 10.0 Å². The Morgan fingerprint density at radius 2 is 1.93 bits per heavy atom. The number of hydrogen-bond donors (Lipinski definition) is 2. The summed E-state index contributed by atoms with van der Waals surface area (Å²) in [5.41, 5.74) is 0.0537. The SMILES string of the molecule is O=C(Nc1ccnn1Cc1cccs1)N1CCC(O)(c2ccccc2)CC1. The molecule has 6 nitrogen and oxygen atoms in total.